The minimum absolute atomic E-state index is 0.0571. The molecule has 160 valence electrons. The van der Waals surface area contributed by atoms with E-state index in [-0.39, 0.29) is 24.0 Å². The number of aliphatic hydroxyl groups is 1. The van der Waals surface area contributed by atoms with E-state index in [1.807, 2.05) is 0 Å². The molecule has 3 N–H and O–H groups in total. The van der Waals surface area contributed by atoms with Gasteiger partial charge in [0.2, 0.25) is 10.0 Å². The molecule has 3 aromatic rings. The number of nitrogens with one attached hydrogen (secondary N) is 2. The first-order valence-electron chi connectivity index (χ1n) is 9.12. The van der Waals surface area contributed by atoms with E-state index in [9.17, 15) is 13.2 Å². The van der Waals surface area contributed by atoms with Gasteiger partial charge in [0, 0.05) is 36.0 Å². The molecule has 31 heavy (non-hydrogen) atoms. The Labute approximate surface area is 187 Å². The van der Waals surface area contributed by atoms with Crippen LogP contribution in [0.4, 0.5) is 0 Å². The lowest BCUT2D eigenvalue weighted by Gasteiger charge is -2.10. The van der Waals surface area contributed by atoms with E-state index < -0.39 is 10.0 Å². The van der Waals surface area contributed by atoms with E-state index in [2.05, 4.69) is 15.0 Å². The SMILES string of the molecule is Cc1cc(-c2cncc3cc(/C=C4\SC(=S)NC4=O)oc23)ccc1S(=O)(=O)NCCO. The molecule has 1 aliphatic rings. The fourth-order valence-electron chi connectivity index (χ4n) is 3.19. The summed E-state index contributed by atoms with van der Waals surface area (Å²) in [4.78, 5) is 16.7. The Morgan fingerprint density at radius 2 is 2.13 bits per heavy atom. The van der Waals surface area contributed by atoms with E-state index in [1.54, 1.807) is 43.6 Å². The second-order valence-corrected chi connectivity index (χ2v) is 10.2. The smallest absolute Gasteiger partial charge is 0.263 e. The summed E-state index contributed by atoms with van der Waals surface area (Å²) in [5.41, 5.74) is 2.54. The minimum atomic E-state index is -3.72. The molecule has 0 unspecified atom stereocenters. The summed E-state index contributed by atoms with van der Waals surface area (Å²) >= 11 is 6.17. The first-order chi connectivity index (χ1) is 14.8. The molecule has 0 radical (unpaired) electrons. The second kappa shape index (κ2) is 8.52. The van der Waals surface area contributed by atoms with Crippen LogP contribution in [0.1, 0.15) is 11.3 Å². The van der Waals surface area contributed by atoms with Gasteiger partial charge in [-0.2, -0.15) is 0 Å². The Hall–Kier alpha value is -2.57. The average Bonchev–Trinajstić information content (AvgIpc) is 3.27. The maximum absolute atomic E-state index is 12.4. The van der Waals surface area contributed by atoms with E-state index in [4.69, 9.17) is 21.7 Å². The number of furan rings is 1. The third-order valence-corrected chi connectivity index (χ3v) is 7.32. The van der Waals surface area contributed by atoms with Gasteiger partial charge in [-0.1, -0.05) is 30.0 Å². The third-order valence-electron chi connectivity index (χ3n) is 4.54. The van der Waals surface area contributed by atoms with Crippen molar-refractivity contribution in [2.45, 2.75) is 11.8 Å². The van der Waals surface area contributed by atoms with Crippen LogP contribution in [-0.4, -0.2) is 41.9 Å². The number of aromatic nitrogens is 1. The second-order valence-electron chi connectivity index (χ2n) is 6.71. The molecule has 1 aromatic carbocycles. The van der Waals surface area contributed by atoms with Crippen molar-refractivity contribution in [2.75, 3.05) is 13.2 Å². The quantitative estimate of drug-likeness (QED) is 0.367. The lowest BCUT2D eigenvalue weighted by Crippen LogP contribution is -2.27. The molecule has 8 nitrogen and oxygen atoms in total. The number of carbonyl (C=O) groups is 1. The Morgan fingerprint density at radius 1 is 1.32 bits per heavy atom. The normalized spacial score (nSPS) is 15.7. The average molecular weight is 476 g/mol. The van der Waals surface area contributed by atoms with Gasteiger partial charge in [0.1, 0.15) is 15.7 Å². The van der Waals surface area contributed by atoms with Crippen molar-refractivity contribution in [3.05, 3.63) is 52.9 Å². The van der Waals surface area contributed by atoms with Gasteiger partial charge in [-0.25, -0.2) is 13.1 Å². The third kappa shape index (κ3) is 4.41. The minimum Gasteiger partial charge on any atom is -0.456 e. The van der Waals surface area contributed by atoms with Gasteiger partial charge in [0.15, 0.2) is 0 Å². The molecule has 2 aromatic heterocycles. The summed E-state index contributed by atoms with van der Waals surface area (Å²) in [6.07, 6.45) is 4.92. The maximum Gasteiger partial charge on any atom is 0.263 e. The van der Waals surface area contributed by atoms with Crippen LogP contribution < -0.4 is 10.0 Å². The van der Waals surface area contributed by atoms with Gasteiger partial charge in [-0.05, 0) is 36.2 Å². The van der Waals surface area contributed by atoms with Crippen molar-refractivity contribution in [1.29, 1.82) is 0 Å². The number of hydrogen-bond acceptors (Lipinski definition) is 8. The number of benzene rings is 1. The van der Waals surface area contributed by atoms with E-state index >= 15 is 0 Å². The Morgan fingerprint density at radius 3 is 2.81 bits per heavy atom. The summed E-state index contributed by atoms with van der Waals surface area (Å²) in [5.74, 6) is 0.215. The molecular weight excluding hydrogens is 458 g/mol. The number of nitrogens with zero attached hydrogens (tertiary/aromatic N) is 1. The number of fused-ring (bicyclic) bond motifs is 1. The zero-order valence-electron chi connectivity index (χ0n) is 16.2. The van der Waals surface area contributed by atoms with Gasteiger partial charge in [-0.15, -0.1) is 0 Å². The molecule has 1 amide bonds. The summed E-state index contributed by atoms with van der Waals surface area (Å²) in [5, 5.41) is 12.2. The fraction of sp³-hybridized carbons (Fsp3) is 0.150. The van der Waals surface area contributed by atoms with Crippen molar-refractivity contribution < 1.29 is 22.7 Å². The first kappa shape index (κ1) is 21.7. The number of carbonyl (C=O) groups excluding carboxylic acids is 1. The number of amides is 1. The van der Waals surface area contributed by atoms with Crippen LogP contribution in [0, 0.1) is 6.92 Å². The number of pyridine rings is 1. The summed E-state index contributed by atoms with van der Waals surface area (Å²) in [7, 11) is -3.72. The predicted molar refractivity (Wildman–Crippen MR) is 123 cm³/mol. The molecule has 3 heterocycles. The molecule has 0 saturated carbocycles. The number of hydrogen-bond donors (Lipinski definition) is 3. The van der Waals surface area contributed by atoms with E-state index in [0.717, 1.165) is 10.9 Å². The highest BCUT2D eigenvalue weighted by Gasteiger charge is 2.23. The van der Waals surface area contributed by atoms with Gasteiger partial charge in [-0.3, -0.25) is 9.78 Å². The van der Waals surface area contributed by atoms with Crippen LogP contribution in [-0.2, 0) is 14.8 Å². The topological polar surface area (TPSA) is 122 Å². The summed E-state index contributed by atoms with van der Waals surface area (Å²) in [6, 6.07) is 6.70. The number of aryl methyl sites for hydroxylation is 1. The number of aliphatic hydroxyl groups excluding tert-OH is 1. The molecule has 1 aliphatic heterocycles. The molecule has 0 atom stereocenters. The van der Waals surface area contributed by atoms with Gasteiger partial charge in [0.05, 0.1) is 16.4 Å². The molecule has 4 rings (SSSR count). The largest absolute Gasteiger partial charge is 0.456 e. The van der Waals surface area contributed by atoms with Crippen molar-refractivity contribution in [3.63, 3.8) is 0 Å². The van der Waals surface area contributed by atoms with Crippen LogP contribution in [0.25, 0.3) is 28.2 Å². The van der Waals surface area contributed by atoms with Crippen molar-refractivity contribution in [2.24, 2.45) is 0 Å². The molecular formula is C20H17N3O5S3. The van der Waals surface area contributed by atoms with Crippen LogP contribution in [0.15, 0.2) is 50.9 Å². The number of thiocarbonyl (C=S) groups is 1. The van der Waals surface area contributed by atoms with Crippen molar-refractivity contribution in [1.82, 2.24) is 15.0 Å². The number of thioether (sulfide) groups is 1. The van der Waals surface area contributed by atoms with E-state index in [1.165, 1.54) is 17.8 Å². The number of sulfonamides is 1. The van der Waals surface area contributed by atoms with Crippen LogP contribution in [0.2, 0.25) is 0 Å². The highest BCUT2D eigenvalue weighted by Crippen LogP contribution is 2.34. The monoisotopic (exact) mass is 475 g/mol. The Balaban J connectivity index is 1.73. The molecule has 1 fully saturated rings. The fourth-order valence-corrected chi connectivity index (χ4v) is 5.46. The highest BCUT2D eigenvalue weighted by atomic mass is 32.2. The van der Waals surface area contributed by atoms with Crippen molar-refractivity contribution in [3.8, 4) is 11.1 Å². The van der Waals surface area contributed by atoms with Crippen LogP contribution in [0.3, 0.4) is 0 Å². The van der Waals surface area contributed by atoms with Crippen LogP contribution in [0.5, 0.6) is 0 Å². The zero-order valence-corrected chi connectivity index (χ0v) is 18.7. The van der Waals surface area contributed by atoms with Crippen LogP contribution >= 0.6 is 24.0 Å². The predicted octanol–water partition coefficient (Wildman–Crippen LogP) is 2.56. The molecule has 0 bridgehead atoms. The standard InChI is InChI=1S/C20H17N3O5S3/c1-11-6-12(2-3-17(11)31(26,27)22-4-5-24)15-10-21-9-13-7-14(28-18(13)15)8-16-19(25)23-20(29)30-16/h2-3,6-10,22,24H,4-5H2,1H3,(H,23,25,29)/b16-8-. The van der Waals surface area contributed by atoms with Gasteiger partial charge in [0.25, 0.3) is 5.91 Å². The van der Waals surface area contributed by atoms with E-state index in [0.29, 0.717) is 31.7 Å². The lowest BCUT2D eigenvalue weighted by atomic mass is 10.0. The first-order valence-corrected chi connectivity index (χ1v) is 11.8. The zero-order chi connectivity index (χ0) is 22.2. The number of rotatable bonds is 6. The Bertz CT molecular complexity index is 1350. The molecule has 11 heteroatoms. The van der Waals surface area contributed by atoms with Crippen molar-refractivity contribution >= 4 is 61.3 Å². The van der Waals surface area contributed by atoms with Gasteiger partial charge < -0.3 is 14.8 Å². The Kier molecular flexibility index (Phi) is 5.95. The molecule has 1 saturated heterocycles. The highest BCUT2D eigenvalue weighted by molar-refractivity contribution is 8.26. The molecule has 0 spiro atoms. The molecule has 0 aliphatic carbocycles. The summed E-state index contributed by atoms with van der Waals surface area (Å²) < 4.78 is 33.5. The maximum atomic E-state index is 12.4. The van der Waals surface area contributed by atoms with Gasteiger partial charge >= 0.3 is 0 Å². The lowest BCUT2D eigenvalue weighted by molar-refractivity contribution is -0.115. The summed E-state index contributed by atoms with van der Waals surface area (Å²) in [6.45, 7) is 1.35.